The number of nitrogens with zero attached hydrogens (tertiary/aromatic N) is 4. The number of piperazine rings is 1. The average Bonchev–Trinajstić information content (AvgIpc) is 2.93. The second kappa shape index (κ2) is 8.30. The molecule has 2 aromatic heterocycles. The number of rotatable bonds is 5. The van der Waals surface area contributed by atoms with Gasteiger partial charge >= 0.3 is 0 Å². The van der Waals surface area contributed by atoms with Crippen molar-refractivity contribution < 1.29 is 9.59 Å². The maximum Gasteiger partial charge on any atom is 0.245 e. The van der Waals surface area contributed by atoms with Crippen molar-refractivity contribution in [2.24, 2.45) is 0 Å². The van der Waals surface area contributed by atoms with Gasteiger partial charge in [-0.25, -0.2) is 0 Å². The summed E-state index contributed by atoms with van der Waals surface area (Å²) in [6.45, 7) is 7.98. The number of hydrogen-bond donors (Lipinski definition) is 2. The number of amides is 2. The highest BCUT2D eigenvalue weighted by Crippen LogP contribution is 2.12. The van der Waals surface area contributed by atoms with Crippen LogP contribution in [0, 0.1) is 20.8 Å². The molecule has 0 saturated carbocycles. The Bertz CT molecular complexity index is 817. The molecule has 2 amide bonds. The van der Waals surface area contributed by atoms with Crippen molar-refractivity contribution in [1.82, 2.24) is 30.3 Å². The molecule has 0 radical (unpaired) electrons. The third kappa shape index (κ3) is 4.33. The van der Waals surface area contributed by atoms with Crippen LogP contribution in [0.25, 0.3) is 0 Å². The first-order valence-electron chi connectivity index (χ1n) is 9.15. The Hall–Kier alpha value is -2.74. The minimum atomic E-state index is -0.534. The lowest BCUT2D eigenvalue weighted by Gasteiger charge is -2.35. The SMILES string of the molecule is Cc1nn(CC(=O)N2CCNC[C@@H]2C(=O)NCc2ccccn2)c(C)c1C. The summed E-state index contributed by atoms with van der Waals surface area (Å²) in [4.78, 5) is 31.4. The van der Waals surface area contributed by atoms with E-state index in [9.17, 15) is 9.59 Å². The number of carbonyl (C=O) groups excluding carboxylic acids is 2. The van der Waals surface area contributed by atoms with Gasteiger partial charge in [-0.05, 0) is 38.5 Å². The molecule has 0 aliphatic carbocycles. The van der Waals surface area contributed by atoms with Crippen LogP contribution in [0.3, 0.4) is 0 Å². The van der Waals surface area contributed by atoms with Crippen LogP contribution in [-0.4, -0.2) is 57.2 Å². The van der Waals surface area contributed by atoms with E-state index in [-0.39, 0.29) is 18.4 Å². The van der Waals surface area contributed by atoms with E-state index < -0.39 is 6.04 Å². The van der Waals surface area contributed by atoms with E-state index in [1.54, 1.807) is 15.8 Å². The lowest BCUT2D eigenvalue weighted by atomic mass is 10.1. The number of aryl methyl sites for hydroxylation is 1. The van der Waals surface area contributed by atoms with Crippen molar-refractivity contribution in [1.29, 1.82) is 0 Å². The number of aromatic nitrogens is 3. The summed E-state index contributed by atoms with van der Waals surface area (Å²) in [5.74, 6) is -0.272. The van der Waals surface area contributed by atoms with Crippen LogP contribution in [0.15, 0.2) is 24.4 Å². The van der Waals surface area contributed by atoms with Crippen LogP contribution < -0.4 is 10.6 Å². The van der Waals surface area contributed by atoms with Gasteiger partial charge in [0.1, 0.15) is 12.6 Å². The molecule has 0 spiro atoms. The Kier molecular flexibility index (Phi) is 5.85. The Morgan fingerprint density at radius 3 is 2.78 bits per heavy atom. The number of pyridine rings is 1. The molecular formula is C19H26N6O2. The van der Waals surface area contributed by atoms with Gasteiger partial charge in [-0.3, -0.25) is 19.3 Å². The standard InChI is InChI=1S/C19H26N6O2/c1-13-14(2)23-25(15(13)3)12-18(26)24-9-8-20-11-17(24)19(27)22-10-16-6-4-5-7-21-16/h4-7,17,20H,8-12H2,1-3H3,(H,22,27)/t17-/m1/s1. The first-order valence-corrected chi connectivity index (χ1v) is 9.15. The van der Waals surface area contributed by atoms with E-state index in [4.69, 9.17) is 0 Å². The molecule has 1 atom stereocenters. The van der Waals surface area contributed by atoms with Gasteiger partial charge in [0.25, 0.3) is 0 Å². The monoisotopic (exact) mass is 370 g/mol. The summed E-state index contributed by atoms with van der Waals surface area (Å²) in [6.07, 6.45) is 1.69. The molecule has 2 aromatic rings. The molecular weight excluding hydrogens is 344 g/mol. The number of carbonyl (C=O) groups is 2. The maximum atomic E-state index is 12.9. The van der Waals surface area contributed by atoms with Crippen LogP contribution >= 0.6 is 0 Å². The van der Waals surface area contributed by atoms with Crippen molar-refractivity contribution in [2.45, 2.75) is 39.9 Å². The van der Waals surface area contributed by atoms with Crippen molar-refractivity contribution in [3.05, 3.63) is 47.0 Å². The third-order valence-corrected chi connectivity index (χ3v) is 5.06. The van der Waals surface area contributed by atoms with E-state index in [0.29, 0.717) is 26.2 Å². The number of hydrogen-bond acceptors (Lipinski definition) is 5. The highest BCUT2D eigenvalue weighted by molar-refractivity contribution is 5.88. The Morgan fingerprint density at radius 1 is 1.30 bits per heavy atom. The number of nitrogens with one attached hydrogen (secondary N) is 2. The first kappa shape index (κ1) is 19.0. The van der Waals surface area contributed by atoms with E-state index in [2.05, 4.69) is 20.7 Å². The zero-order valence-electron chi connectivity index (χ0n) is 16.0. The predicted octanol–water partition coefficient (Wildman–Crippen LogP) is 0.320. The minimum absolute atomic E-state index is 0.0971. The second-order valence-electron chi connectivity index (χ2n) is 6.80. The van der Waals surface area contributed by atoms with Crippen LogP contribution in [0.1, 0.15) is 22.6 Å². The van der Waals surface area contributed by atoms with Crippen LogP contribution in [0.4, 0.5) is 0 Å². The van der Waals surface area contributed by atoms with Crippen LogP contribution in [0.2, 0.25) is 0 Å². The van der Waals surface area contributed by atoms with E-state index in [0.717, 1.165) is 22.6 Å². The van der Waals surface area contributed by atoms with Gasteiger partial charge < -0.3 is 15.5 Å². The lowest BCUT2D eigenvalue weighted by molar-refractivity contribution is -0.142. The summed E-state index contributed by atoms with van der Waals surface area (Å²) in [5.41, 5.74) is 3.77. The Balaban J connectivity index is 1.66. The summed E-state index contributed by atoms with van der Waals surface area (Å²) in [5, 5.41) is 10.5. The molecule has 2 N–H and O–H groups in total. The molecule has 3 rings (SSSR count). The molecule has 0 aromatic carbocycles. The fourth-order valence-corrected chi connectivity index (χ4v) is 3.19. The van der Waals surface area contributed by atoms with Gasteiger partial charge in [0.05, 0.1) is 17.9 Å². The second-order valence-corrected chi connectivity index (χ2v) is 6.80. The van der Waals surface area contributed by atoms with Crippen LogP contribution in [-0.2, 0) is 22.7 Å². The van der Waals surface area contributed by atoms with Crippen molar-refractivity contribution in [3.8, 4) is 0 Å². The van der Waals surface area contributed by atoms with Crippen LogP contribution in [0.5, 0.6) is 0 Å². The Morgan fingerprint density at radius 2 is 2.11 bits per heavy atom. The lowest BCUT2D eigenvalue weighted by Crippen LogP contribution is -2.60. The first-order chi connectivity index (χ1) is 13.0. The van der Waals surface area contributed by atoms with Gasteiger partial charge in [-0.1, -0.05) is 6.07 Å². The molecule has 1 aliphatic rings. The molecule has 1 fully saturated rings. The predicted molar refractivity (Wildman–Crippen MR) is 101 cm³/mol. The molecule has 0 unspecified atom stereocenters. The molecule has 3 heterocycles. The normalized spacial score (nSPS) is 17.0. The molecule has 144 valence electrons. The fraction of sp³-hybridized carbons (Fsp3) is 0.474. The van der Waals surface area contributed by atoms with Crippen molar-refractivity contribution >= 4 is 11.8 Å². The Labute approximate surface area is 159 Å². The zero-order valence-corrected chi connectivity index (χ0v) is 16.0. The quantitative estimate of drug-likeness (QED) is 0.791. The van der Waals surface area contributed by atoms with Gasteiger partial charge in [0, 0.05) is 31.5 Å². The van der Waals surface area contributed by atoms with E-state index >= 15 is 0 Å². The minimum Gasteiger partial charge on any atom is -0.349 e. The topological polar surface area (TPSA) is 92.2 Å². The summed E-state index contributed by atoms with van der Waals surface area (Å²) >= 11 is 0. The maximum absolute atomic E-state index is 12.9. The summed E-state index contributed by atoms with van der Waals surface area (Å²) in [6, 6.07) is 5.03. The van der Waals surface area contributed by atoms with Gasteiger partial charge in [-0.15, -0.1) is 0 Å². The highest BCUT2D eigenvalue weighted by Gasteiger charge is 2.32. The zero-order chi connectivity index (χ0) is 19.4. The third-order valence-electron chi connectivity index (χ3n) is 5.06. The van der Waals surface area contributed by atoms with E-state index in [1.807, 2.05) is 39.0 Å². The highest BCUT2D eigenvalue weighted by atomic mass is 16.2. The molecule has 1 aliphatic heterocycles. The summed E-state index contributed by atoms with van der Waals surface area (Å²) < 4.78 is 1.72. The molecule has 8 nitrogen and oxygen atoms in total. The van der Waals surface area contributed by atoms with Crippen molar-refractivity contribution in [2.75, 3.05) is 19.6 Å². The summed E-state index contributed by atoms with van der Waals surface area (Å²) in [7, 11) is 0. The smallest absolute Gasteiger partial charge is 0.245 e. The van der Waals surface area contributed by atoms with Crippen molar-refractivity contribution in [3.63, 3.8) is 0 Å². The van der Waals surface area contributed by atoms with Gasteiger partial charge in [-0.2, -0.15) is 5.10 Å². The molecule has 27 heavy (non-hydrogen) atoms. The van der Waals surface area contributed by atoms with E-state index in [1.165, 1.54) is 0 Å². The fourth-order valence-electron chi connectivity index (χ4n) is 3.19. The average molecular weight is 370 g/mol. The van der Waals surface area contributed by atoms with Gasteiger partial charge in [0.2, 0.25) is 11.8 Å². The molecule has 8 heteroatoms. The molecule has 0 bridgehead atoms. The van der Waals surface area contributed by atoms with Gasteiger partial charge in [0.15, 0.2) is 0 Å². The largest absolute Gasteiger partial charge is 0.349 e. The molecule has 1 saturated heterocycles.